The van der Waals surface area contributed by atoms with Gasteiger partial charge in [-0.15, -0.1) is 0 Å². The topological polar surface area (TPSA) is 71.7 Å². The Hall–Kier alpha value is -2.41. The number of nitrogens with zero attached hydrogens (tertiary/aromatic N) is 4. The number of methoxy groups -OCH3 is 1. The first-order valence-corrected chi connectivity index (χ1v) is 10.5. The van der Waals surface area contributed by atoms with E-state index in [1.54, 1.807) is 7.11 Å². The molecule has 0 aliphatic carbocycles. The maximum Gasteiger partial charge on any atom is 0.231 e. The van der Waals surface area contributed by atoms with Gasteiger partial charge in [0.15, 0.2) is 5.82 Å². The Morgan fingerprint density at radius 1 is 1.21 bits per heavy atom. The molecule has 2 saturated heterocycles. The molecule has 2 fully saturated rings. The average Bonchev–Trinajstić information content (AvgIpc) is 3.20. The van der Waals surface area contributed by atoms with Gasteiger partial charge in [-0.1, -0.05) is 23.4 Å². The fourth-order valence-electron chi connectivity index (χ4n) is 4.35. The molecule has 0 unspecified atom stereocenters. The third kappa shape index (κ3) is 4.78. The summed E-state index contributed by atoms with van der Waals surface area (Å²) in [5.41, 5.74) is 1.01. The van der Waals surface area contributed by atoms with Crippen molar-refractivity contribution >= 4 is 5.91 Å². The minimum Gasteiger partial charge on any atom is -0.496 e. The molecule has 2 aliphatic heterocycles. The molecule has 0 radical (unpaired) electrons. The van der Waals surface area contributed by atoms with Crippen molar-refractivity contribution in [2.24, 2.45) is 5.92 Å². The molecule has 7 heteroatoms. The van der Waals surface area contributed by atoms with Crippen LogP contribution in [0.4, 0.5) is 0 Å². The van der Waals surface area contributed by atoms with Crippen LogP contribution in [0.5, 0.6) is 5.75 Å². The number of benzene rings is 1. The minimum absolute atomic E-state index is 0.0983. The Kier molecular flexibility index (Phi) is 6.13. The van der Waals surface area contributed by atoms with Gasteiger partial charge in [-0.3, -0.25) is 4.79 Å². The number of aromatic nitrogens is 2. The quantitative estimate of drug-likeness (QED) is 0.745. The molecule has 1 aromatic heterocycles. The van der Waals surface area contributed by atoms with Crippen molar-refractivity contribution in [3.63, 3.8) is 0 Å². The zero-order valence-electron chi connectivity index (χ0n) is 17.3. The highest BCUT2D eigenvalue weighted by molar-refractivity contribution is 5.77. The van der Waals surface area contributed by atoms with Gasteiger partial charge in [0, 0.05) is 31.5 Å². The van der Waals surface area contributed by atoms with Crippen LogP contribution in [0.1, 0.15) is 48.9 Å². The Bertz CT molecular complexity index is 829. The molecule has 0 saturated carbocycles. The van der Waals surface area contributed by atoms with E-state index in [1.807, 2.05) is 29.2 Å². The molecule has 7 nitrogen and oxygen atoms in total. The van der Waals surface area contributed by atoms with Crippen LogP contribution in [0, 0.1) is 5.92 Å². The van der Waals surface area contributed by atoms with Crippen molar-refractivity contribution in [1.29, 1.82) is 0 Å². The van der Waals surface area contributed by atoms with Crippen molar-refractivity contribution in [2.45, 2.75) is 44.6 Å². The lowest BCUT2D eigenvalue weighted by molar-refractivity contribution is -0.134. The van der Waals surface area contributed by atoms with Gasteiger partial charge in [-0.2, -0.15) is 4.98 Å². The Morgan fingerprint density at radius 2 is 2.00 bits per heavy atom. The third-order valence-electron chi connectivity index (χ3n) is 6.20. The van der Waals surface area contributed by atoms with Crippen LogP contribution in [0.2, 0.25) is 0 Å². The molecule has 1 aromatic carbocycles. The van der Waals surface area contributed by atoms with Crippen LogP contribution in [0.3, 0.4) is 0 Å². The number of piperidine rings is 2. The highest BCUT2D eigenvalue weighted by Gasteiger charge is 2.31. The second-order valence-electron chi connectivity index (χ2n) is 8.32. The summed E-state index contributed by atoms with van der Waals surface area (Å²) < 4.78 is 11.0. The van der Waals surface area contributed by atoms with Crippen molar-refractivity contribution < 1.29 is 14.1 Å². The zero-order valence-corrected chi connectivity index (χ0v) is 17.3. The Labute approximate surface area is 172 Å². The van der Waals surface area contributed by atoms with Gasteiger partial charge in [0.1, 0.15) is 5.75 Å². The Morgan fingerprint density at radius 3 is 2.79 bits per heavy atom. The van der Waals surface area contributed by atoms with E-state index in [0.717, 1.165) is 43.1 Å². The lowest BCUT2D eigenvalue weighted by Gasteiger charge is -2.31. The van der Waals surface area contributed by atoms with Gasteiger partial charge in [0.05, 0.1) is 13.0 Å². The van der Waals surface area contributed by atoms with E-state index in [4.69, 9.17) is 14.2 Å². The second-order valence-corrected chi connectivity index (χ2v) is 8.32. The predicted molar refractivity (Wildman–Crippen MR) is 109 cm³/mol. The lowest BCUT2D eigenvalue weighted by atomic mass is 9.93. The highest BCUT2D eigenvalue weighted by atomic mass is 16.5. The fourth-order valence-corrected chi connectivity index (χ4v) is 4.35. The predicted octanol–water partition coefficient (Wildman–Crippen LogP) is 2.87. The summed E-state index contributed by atoms with van der Waals surface area (Å²) in [5, 5.41) is 4.24. The van der Waals surface area contributed by atoms with Crippen LogP contribution in [-0.2, 0) is 17.8 Å². The van der Waals surface area contributed by atoms with Crippen LogP contribution < -0.4 is 4.74 Å². The largest absolute Gasteiger partial charge is 0.496 e. The van der Waals surface area contributed by atoms with Gasteiger partial charge in [-0.25, -0.2) is 0 Å². The summed E-state index contributed by atoms with van der Waals surface area (Å²) >= 11 is 0. The number of likely N-dealkylation sites (tertiary alicyclic amines) is 2. The van der Waals surface area contributed by atoms with Gasteiger partial charge >= 0.3 is 0 Å². The average molecular weight is 399 g/mol. The normalized spacial score (nSPS) is 21.5. The number of rotatable bonds is 6. The van der Waals surface area contributed by atoms with E-state index in [0.29, 0.717) is 31.3 Å². The van der Waals surface area contributed by atoms with Crippen LogP contribution in [0.15, 0.2) is 28.8 Å². The van der Waals surface area contributed by atoms with E-state index in [9.17, 15) is 4.79 Å². The molecule has 0 N–H and O–H groups in total. The first-order valence-electron chi connectivity index (χ1n) is 10.5. The number of ether oxygens (including phenoxy) is 1. The van der Waals surface area contributed by atoms with Crippen molar-refractivity contribution in [3.05, 3.63) is 41.5 Å². The Balaban J connectivity index is 1.39. The molecule has 2 aromatic rings. The van der Waals surface area contributed by atoms with Crippen LogP contribution in [0.25, 0.3) is 0 Å². The summed E-state index contributed by atoms with van der Waals surface area (Å²) in [6, 6.07) is 7.83. The molecule has 156 valence electrons. The molecule has 0 spiro atoms. The molecule has 4 rings (SSSR count). The lowest BCUT2D eigenvalue weighted by Crippen LogP contribution is -2.38. The first kappa shape index (κ1) is 19.9. The van der Waals surface area contributed by atoms with Gasteiger partial charge < -0.3 is 19.1 Å². The number of para-hydroxylation sites is 1. The monoisotopic (exact) mass is 398 g/mol. The molecule has 2 aliphatic rings. The fraction of sp³-hybridized carbons (Fsp3) is 0.591. The maximum absolute atomic E-state index is 12.5. The van der Waals surface area contributed by atoms with E-state index in [-0.39, 0.29) is 11.8 Å². The molecular formula is C22H30N4O3. The number of hydrogen-bond donors (Lipinski definition) is 0. The van der Waals surface area contributed by atoms with Crippen molar-refractivity contribution in [3.8, 4) is 5.75 Å². The minimum atomic E-state index is 0.0983. The molecule has 29 heavy (non-hydrogen) atoms. The third-order valence-corrected chi connectivity index (χ3v) is 6.20. The summed E-state index contributed by atoms with van der Waals surface area (Å²) in [5.74, 6) is 3.18. The molecule has 1 amide bonds. The SMILES string of the molecule is COc1ccccc1CN1C[C@H](c2nc(CC3CCN(C)CC3)no2)CCC1=O. The van der Waals surface area contributed by atoms with E-state index >= 15 is 0 Å². The van der Waals surface area contributed by atoms with Crippen molar-refractivity contribution in [2.75, 3.05) is 33.8 Å². The van der Waals surface area contributed by atoms with Gasteiger partial charge in [0.2, 0.25) is 11.8 Å². The number of carbonyl (C=O) groups is 1. The molecular weight excluding hydrogens is 368 g/mol. The molecule has 0 bridgehead atoms. The smallest absolute Gasteiger partial charge is 0.231 e. The zero-order chi connectivity index (χ0) is 20.2. The molecule has 3 heterocycles. The number of hydrogen-bond acceptors (Lipinski definition) is 6. The van der Waals surface area contributed by atoms with E-state index < -0.39 is 0 Å². The van der Waals surface area contributed by atoms with Crippen molar-refractivity contribution in [1.82, 2.24) is 19.9 Å². The second kappa shape index (κ2) is 8.95. The summed E-state index contributed by atoms with van der Waals surface area (Å²) in [6.45, 7) is 3.42. The van der Waals surface area contributed by atoms with Crippen LogP contribution in [-0.4, -0.2) is 59.6 Å². The number of amides is 1. The van der Waals surface area contributed by atoms with Crippen LogP contribution >= 0.6 is 0 Å². The van der Waals surface area contributed by atoms with Gasteiger partial charge in [0.25, 0.3) is 0 Å². The molecule has 1 atom stereocenters. The summed E-state index contributed by atoms with van der Waals surface area (Å²) in [4.78, 5) is 21.4. The summed E-state index contributed by atoms with van der Waals surface area (Å²) in [6.07, 6.45) is 4.52. The standard InChI is InChI=1S/C22H30N4O3/c1-25-11-9-16(10-12-25)13-20-23-22(29-24-20)18-7-8-21(27)26(15-18)14-17-5-3-4-6-19(17)28-2/h3-6,16,18H,7-15H2,1-2H3/t18-/m1/s1. The maximum atomic E-state index is 12.5. The first-order chi connectivity index (χ1) is 14.1. The summed E-state index contributed by atoms with van der Waals surface area (Å²) in [7, 11) is 3.83. The highest BCUT2D eigenvalue weighted by Crippen LogP contribution is 2.29. The number of carbonyl (C=O) groups excluding carboxylic acids is 1. The van der Waals surface area contributed by atoms with E-state index in [2.05, 4.69) is 17.1 Å². The van der Waals surface area contributed by atoms with E-state index in [1.165, 1.54) is 12.8 Å². The van der Waals surface area contributed by atoms with Gasteiger partial charge in [-0.05, 0) is 51.4 Å².